The third kappa shape index (κ3) is 5.07. The first kappa shape index (κ1) is 22.2. The Hall–Kier alpha value is -3.01. The SMILES string of the molecule is Cc1nc(CC(=O)N2[C@@H]3CC[C@H]2CC(=O)NCCOc2ccc(F)cc2C(=O)NC3)cs1. The summed E-state index contributed by atoms with van der Waals surface area (Å²) in [6, 6.07) is 3.23. The van der Waals surface area contributed by atoms with Crippen molar-refractivity contribution in [1.29, 1.82) is 0 Å². The summed E-state index contributed by atoms with van der Waals surface area (Å²) in [5, 5.41) is 8.36. The molecule has 3 amide bonds. The summed E-state index contributed by atoms with van der Waals surface area (Å²) < 4.78 is 19.4. The van der Waals surface area contributed by atoms with E-state index in [1.54, 1.807) is 4.90 Å². The van der Waals surface area contributed by atoms with Crippen molar-refractivity contribution < 1.29 is 23.5 Å². The van der Waals surface area contributed by atoms with Crippen molar-refractivity contribution in [2.75, 3.05) is 19.7 Å². The number of nitrogens with zero attached hydrogens (tertiary/aromatic N) is 2. The van der Waals surface area contributed by atoms with Crippen molar-refractivity contribution >= 4 is 29.1 Å². The van der Waals surface area contributed by atoms with E-state index in [0.29, 0.717) is 18.5 Å². The van der Waals surface area contributed by atoms with E-state index < -0.39 is 11.7 Å². The van der Waals surface area contributed by atoms with Gasteiger partial charge in [0.25, 0.3) is 5.91 Å². The van der Waals surface area contributed by atoms with E-state index in [1.807, 2.05) is 12.3 Å². The van der Waals surface area contributed by atoms with Gasteiger partial charge in [-0.15, -0.1) is 11.3 Å². The Kier molecular flexibility index (Phi) is 6.69. The van der Waals surface area contributed by atoms with Crippen molar-refractivity contribution in [2.24, 2.45) is 0 Å². The average molecular weight is 461 g/mol. The fourth-order valence-corrected chi connectivity index (χ4v) is 4.87. The number of carbonyl (C=O) groups is 3. The third-order valence-corrected chi connectivity index (χ3v) is 6.52. The highest BCUT2D eigenvalue weighted by Crippen LogP contribution is 2.28. The van der Waals surface area contributed by atoms with E-state index in [4.69, 9.17) is 4.74 Å². The van der Waals surface area contributed by atoms with Gasteiger partial charge in [0.05, 0.1) is 29.2 Å². The summed E-state index contributed by atoms with van der Waals surface area (Å²) in [6.45, 7) is 2.46. The Morgan fingerprint density at radius 1 is 1.28 bits per heavy atom. The zero-order valence-corrected chi connectivity index (χ0v) is 18.5. The number of amides is 3. The Bertz CT molecular complexity index is 1030. The summed E-state index contributed by atoms with van der Waals surface area (Å²) in [4.78, 5) is 44.5. The molecule has 0 spiro atoms. The molecule has 0 radical (unpaired) electrons. The minimum atomic E-state index is -0.548. The van der Waals surface area contributed by atoms with Crippen LogP contribution in [0.25, 0.3) is 0 Å². The number of aromatic nitrogens is 1. The van der Waals surface area contributed by atoms with Gasteiger partial charge in [0.15, 0.2) is 0 Å². The van der Waals surface area contributed by atoms with Gasteiger partial charge >= 0.3 is 0 Å². The van der Waals surface area contributed by atoms with Crippen LogP contribution < -0.4 is 15.4 Å². The van der Waals surface area contributed by atoms with Crippen LogP contribution in [0.3, 0.4) is 0 Å². The highest BCUT2D eigenvalue weighted by molar-refractivity contribution is 7.09. The van der Waals surface area contributed by atoms with Crippen LogP contribution in [0.15, 0.2) is 23.6 Å². The van der Waals surface area contributed by atoms with Gasteiger partial charge in [0.2, 0.25) is 11.8 Å². The molecule has 1 fully saturated rings. The highest BCUT2D eigenvalue weighted by Gasteiger charge is 2.38. The van der Waals surface area contributed by atoms with Crippen LogP contribution in [-0.2, 0) is 16.0 Å². The van der Waals surface area contributed by atoms with Crippen molar-refractivity contribution in [2.45, 2.75) is 44.7 Å². The molecule has 3 heterocycles. The average Bonchev–Trinajstić information content (AvgIpc) is 3.35. The molecule has 2 aliphatic rings. The first-order chi connectivity index (χ1) is 15.4. The lowest BCUT2D eigenvalue weighted by atomic mass is 10.1. The van der Waals surface area contributed by atoms with Gasteiger partial charge in [-0.3, -0.25) is 14.4 Å². The molecule has 2 bridgehead atoms. The molecule has 8 nitrogen and oxygen atoms in total. The second-order valence-electron chi connectivity index (χ2n) is 7.97. The number of nitrogens with one attached hydrogen (secondary N) is 2. The second-order valence-corrected chi connectivity index (χ2v) is 9.04. The van der Waals surface area contributed by atoms with E-state index in [1.165, 1.54) is 23.5 Å². The maximum absolute atomic E-state index is 13.8. The van der Waals surface area contributed by atoms with Gasteiger partial charge < -0.3 is 20.3 Å². The molecule has 2 aromatic rings. The highest BCUT2D eigenvalue weighted by atomic mass is 32.1. The molecule has 32 heavy (non-hydrogen) atoms. The molecular formula is C22H25FN4O4S. The molecule has 0 saturated carbocycles. The number of carbonyl (C=O) groups excluding carboxylic acids is 3. The zero-order valence-electron chi connectivity index (χ0n) is 17.7. The van der Waals surface area contributed by atoms with Crippen LogP contribution >= 0.6 is 11.3 Å². The number of benzene rings is 1. The monoisotopic (exact) mass is 460 g/mol. The first-order valence-corrected chi connectivity index (χ1v) is 11.5. The zero-order chi connectivity index (χ0) is 22.7. The van der Waals surface area contributed by atoms with Gasteiger partial charge in [0.1, 0.15) is 18.2 Å². The lowest BCUT2D eigenvalue weighted by Gasteiger charge is -2.30. The number of aryl methyl sites for hydroxylation is 1. The maximum atomic E-state index is 13.8. The van der Waals surface area contributed by atoms with Gasteiger partial charge in [0, 0.05) is 30.4 Å². The number of ether oxygens (including phenoxy) is 1. The van der Waals surface area contributed by atoms with E-state index >= 15 is 0 Å². The molecule has 170 valence electrons. The molecule has 2 N–H and O–H groups in total. The Labute approximate surface area is 189 Å². The summed E-state index contributed by atoms with van der Waals surface area (Å²) in [6.07, 6.45) is 1.66. The van der Waals surface area contributed by atoms with Crippen LogP contribution in [0.4, 0.5) is 4.39 Å². The number of thiazole rings is 1. The van der Waals surface area contributed by atoms with E-state index in [0.717, 1.165) is 11.1 Å². The van der Waals surface area contributed by atoms with E-state index in [2.05, 4.69) is 15.6 Å². The molecule has 4 rings (SSSR count). The standard InChI is InChI=1S/C22H25FN4O4S/c1-13-26-15(12-32-13)9-21(29)27-16-3-4-17(27)11-25-22(30)18-8-14(23)2-5-19(18)31-7-6-24-20(28)10-16/h2,5,8,12,16-17H,3-4,6-7,9-11H2,1H3,(H,24,28)(H,25,30)/t16-,17+/m0/s1. The number of fused-ring (bicyclic) bond motifs is 3. The molecule has 1 saturated heterocycles. The van der Waals surface area contributed by atoms with Crippen molar-refractivity contribution in [3.05, 3.63) is 45.7 Å². The minimum Gasteiger partial charge on any atom is -0.491 e. The van der Waals surface area contributed by atoms with Gasteiger partial charge in [-0.1, -0.05) is 0 Å². The van der Waals surface area contributed by atoms with Gasteiger partial charge in [-0.25, -0.2) is 9.37 Å². The second kappa shape index (κ2) is 9.64. The fourth-order valence-electron chi connectivity index (χ4n) is 4.25. The number of hydrogen-bond acceptors (Lipinski definition) is 6. The minimum absolute atomic E-state index is 0.0822. The van der Waals surface area contributed by atoms with Crippen LogP contribution in [0, 0.1) is 12.7 Å². The quantitative estimate of drug-likeness (QED) is 0.712. The lowest BCUT2D eigenvalue weighted by molar-refractivity contribution is -0.134. The van der Waals surface area contributed by atoms with Crippen LogP contribution in [0.5, 0.6) is 5.75 Å². The smallest absolute Gasteiger partial charge is 0.255 e. The number of halogens is 1. The predicted molar refractivity (Wildman–Crippen MR) is 116 cm³/mol. The molecule has 10 heteroatoms. The fraction of sp³-hybridized carbons (Fsp3) is 0.455. The van der Waals surface area contributed by atoms with Crippen LogP contribution in [0.1, 0.15) is 40.3 Å². The Morgan fingerprint density at radius 3 is 2.88 bits per heavy atom. The van der Waals surface area contributed by atoms with Crippen molar-refractivity contribution in [3.63, 3.8) is 0 Å². The van der Waals surface area contributed by atoms with Crippen LogP contribution in [-0.4, -0.2) is 59.4 Å². The largest absolute Gasteiger partial charge is 0.491 e. The summed E-state index contributed by atoms with van der Waals surface area (Å²) >= 11 is 1.48. The molecule has 2 aliphatic heterocycles. The molecule has 2 atom stereocenters. The van der Waals surface area contributed by atoms with Gasteiger partial charge in [-0.05, 0) is 38.0 Å². The number of hydrogen-bond donors (Lipinski definition) is 2. The van der Waals surface area contributed by atoms with Crippen molar-refractivity contribution in [3.8, 4) is 5.75 Å². The topological polar surface area (TPSA) is 101 Å². The lowest BCUT2D eigenvalue weighted by Crippen LogP contribution is -2.48. The third-order valence-electron chi connectivity index (χ3n) is 5.69. The Balaban J connectivity index is 1.57. The molecule has 0 aliphatic carbocycles. The van der Waals surface area contributed by atoms with E-state index in [9.17, 15) is 18.8 Å². The predicted octanol–water partition coefficient (Wildman–Crippen LogP) is 1.82. The normalized spacial score (nSPS) is 21.8. The summed E-state index contributed by atoms with van der Waals surface area (Å²) in [7, 11) is 0. The summed E-state index contributed by atoms with van der Waals surface area (Å²) in [5.74, 6) is -1.06. The number of rotatable bonds is 2. The summed E-state index contributed by atoms with van der Waals surface area (Å²) in [5.41, 5.74) is 0.783. The van der Waals surface area contributed by atoms with E-state index in [-0.39, 0.29) is 67.7 Å². The molecule has 0 unspecified atom stereocenters. The van der Waals surface area contributed by atoms with Crippen molar-refractivity contribution in [1.82, 2.24) is 20.5 Å². The Morgan fingerprint density at radius 2 is 2.09 bits per heavy atom. The maximum Gasteiger partial charge on any atom is 0.255 e. The molecular weight excluding hydrogens is 435 g/mol. The molecule has 1 aromatic heterocycles. The van der Waals surface area contributed by atoms with Gasteiger partial charge in [-0.2, -0.15) is 0 Å². The molecule has 1 aromatic carbocycles. The first-order valence-electron chi connectivity index (χ1n) is 10.6. The van der Waals surface area contributed by atoms with Crippen LogP contribution in [0.2, 0.25) is 0 Å².